The number of hydrogen-bond acceptors (Lipinski definition) is 5. The highest BCUT2D eigenvalue weighted by Crippen LogP contribution is 2.26. The number of alkyl halides is 1. The molecule has 0 aliphatic carbocycles. The van der Waals surface area contributed by atoms with E-state index in [1.807, 2.05) is 22.6 Å². The SMILES string of the molecule is COC1OC(CO)C(O)C(O)C1I. The van der Waals surface area contributed by atoms with Crippen LogP contribution in [-0.2, 0) is 9.47 Å². The van der Waals surface area contributed by atoms with Crippen molar-refractivity contribution in [3.8, 4) is 0 Å². The van der Waals surface area contributed by atoms with Gasteiger partial charge in [-0.1, -0.05) is 22.6 Å². The fourth-order valence-corrected chi connectivity index (χ4v) is 2.12. The summed E-state index contributed by atoms with van der Waals surface area (Å²) < 4.78 is 9.80. The zero-order chi connectivity index (χ0) is 10.0. The molecule has 1 rings (SSSR count). The third-order valence-electron chi connectivity index (χ3n) is 2.04. The van der Waals surface area contributed by atoms with Gasteiger partial charge in [0.2, 0.25) is 0 Å². The van der Waals surface area contributed by atoms with Crippen molar-refractivity contribution in [3.05, 3.63) is 0 Å². The molecule has 0 saturated carbocycles. The number of ether oxygens (including phenoxy) is 2. The smallest absolute Gasteiger partial charge is 0.172 e. The second kappa shape index (κ2) is 4.85. The third-order valence-corrected chi connectivity index (χ3v) is 3.36. The fraction of sp³-hybridized carbons (Fsp3) is 1.00. The Labute approximate surface area is 89.8 Å². The maximum atomic E-state index is 9.52. The van der Waals surface area contributed by atoms with Crippen molar-refractivity contribution in [1.29, 1.82) is 0 Å². The first-order valence-corrected chi connectivity index (χ1v) is 5.15. The largest absolute Gasteiger partial charge is 0.394 e. The van der Waals surface area contributed by atoms with Crippen molar-refractivity contribution < 1.29 is 24.8 Å². The quantitative estimate of drug-likeness (QED) is 0.445. The van der Waals surface area contributed by atoms with Crippen molar-refractivity contribution in [2.45, 2.75) is 28.5 Å². The molecule has 5 atom stereocenters. The minimum absolute atomic E-state index is 0.332. The van der Waals surface area contributed by atoms with Gasteiger partial charge in [0.05, 0.1) is 16.6 Å². The molecule has 0 radical (unpaired) electrons. The first-order chi connectivity index (χ1) is 6.11. The van der Waals surface area contributed by atoms with Gasteiger partial charge in [-0.3, -0.25) is 0 Å². The molecule has 1 aliphatic rings. The van der Waals surface area contributed by atoms with Crippen LogP contribution >= 0.6 is 22.6 Å². The molecule has 13 heavy (non-hydrogen) atoms. The van der Waals surface area contributed by atoms with E-state index >= 15 is 0 Å². The Kier molecular flexibility index (Phi) is 4.33. The summed E-state index contributed by atoms with van der Waals surface area (Å²) in [6, 6.07) is 0. The highest BCUT2D eigenvalue weighted by atomic mass is 127. The zero-order valence-electron chi connectivity index (χ0n) is 7.13. The van der Waals surface area contributed by atoms with Crippen LogP contribution in [0.4, 0.5) is 0 Å². The Morgan fingerprint density at radius 1 is 1.38 bits per heavy atom. The van der Waals surface area contributed by atoms with E-state index in [1.165, 1.54) is 7.11 Å². The summed E-state index contributed by atoms with van der Waals surface area (Å²) in [7, 11) is 1.45. The van der Waals surface area contributed by atoms with Gasteiger partial charge >= 0.3 is 0 Å². The van der Waals surface area contributed by atoms with Gasteiger partial charge in [0.25, 0.3) is 0 Å². The van der Waals surface area contributed by atoms with Crippen molar-refractivity contribution in [2.75, 3.05) is 13.7 Å². The number of aliphatic hydroxyl groups is 3. The van der Waals surface area contributed by atoms with Gasteiger partial charge in [-0.05, 0) is 0 Å². The Morgan fingerprint density at radius 2 is 2.00 bits per heavy atom. The summed E-state index contributed by atoms with van der Waals surface area (Å²) in [5, 5.41) is 27.8. The van der Waals surface area contributed by atoms with Crippen LogP contribution in [0, 0.1) is 0 Å². The van der Waals surface area contributed by atoms with Gasteiger partial charge in [-0.15, -0.1) is 0 Å². The van der Waals surface area contributed by atoms with Crippen LogP contribution in [0.2, 0.25) is 0 Å². The number of aliphatic hydroxyl groups excluding tert-OH is 3. The third kappa shape index (κ3) is 2.31. The lowest BCUT2D eigenvalue weighted by Gasteiger charge is -2.39. The summed E-state index contributed by atoms with van der Waals surface area (Å²) in [6.07, 6.45) is -3.35. The van der Waals surface area contributed by atoms with E-state index in [4.69, 9.17) is 14.6 Å². The van der Waals surface area contributed by atoms with Crippen LogP contribution in [0.5, 0.6) is 0 Å². The van der Waals surface area contributed by atoms with E-state index in [9.17, 15) is 10.2 Å². The average Bonchev–Trinajstić information content (AvgIpc) is 2.15. The molecule has 6 heteroatoms. The molecule has 1 fully saturated rings. The summed E-state index contributed by atoms with van der Waals surface area (Å²) in [6.45, 7) is -0.332. The van der Waals surface area contributed by atoms with Gasteiger partial charge in [-0.25, -0.2) is 0 Å². The molecule has 1 saturated heterocycles. The molecular formula is C7H13IO5. The zero-order valence-corrected chi connectivity index (χ0v) is 9.29. The van der Waals surface area contributed by atoms with Gasteiger partial charge < -0.3 is 24.8 Å². The minimum atomic E-state index is -1.06. The first-order valence-electron chi connectivity index (χ1n) is 3.91. The van der Waals surface area contributed by atoms with Crippen LogP contribution in [0.3, 0.4) is 0 Å². The molecule has 0 aromatic heterocycles. The predicted molar refractivity (Wildman–Crippen MR) is 52.6 cm³/mol. The van der Waals surface area contributed by atoms with Crippen molar-refractivity contribution >= 4 is 22.6 Å². The number of hydrogen-bond donors (Lipinski definition) is 3. The molecule has 5 nitrogen and oxygen atoms in total. The standard InChI is InChI=1S/C7H13IO5/c1-12-7-4(8)6(11)5(10)3(2-9)13-7/h3-7,9-11H,2H2,1H3. The topological polar surface area (TPSA) is 79.2 Å². The Bertz CT molecular complexity index is 147. The molecule has 5 unspecified atom stereocenters. The molecule has 1 heterocycles. The van der Waals surface area contributed by atoms with Gasteiger partial charge in [0.1, 0.15) is 12.2 Å². The van der Waals surface area contributed by atoms with E-state index in [-0.39, 0.29) is 10.5 Å². The maximum Gasteiger partial charge on any atom is 0.172 e. The molecule has 0 aromatic rings. The summed E-state index contributed by atoms with van der Waals surface area (Å²) in [4.78, 5) is 0. The molecule has 1 aliphatic heterocycles. The summed E-state index contributed by atoms with van der Waals surface area (Å²) in [5.41, 5.74) is 0. The van der Waals surface area contributed by atoms with E-state index in [2.05, 4.69) is 0 Å². The highest BCUT2D eigenvalue weighted by Gasteiger charge is 2.42. The minimum Gasteiger partial charge on any atom is -0.394 e. The van der Waals surface area contributed by atoms with E-state index < -0.39 is 24.6 Å². The van der Waals surface area contributed by atoms with Crippen LogP contribution in [-0.4, -0.2) is 57.6 Å². The molecule has 3 N–H and O–H groups in total. The second-order valence-corrected chi connectivity index (χ2v) is 4.33. The van der Waals surface area contributed by atoms with Crippen LogP contribution in [0.15, 0.2) is 0 Å². The predicted octanol–water partition coefficient (Wildman–Crippen LogP) is -1.12. The van der Waals surface area contributed by atoms with Crippen molar-refractivity contribution in [3.63, 3.8) is 0 Å². The van der Waals surface area contributed by atoms with Crippen LogP contribution < -0.4 is 0 Å². The van der Waals surface area contributed by atoms with E-state index in [0.29, 0.717) is 0 Å². The maximum absolute atomic E-state index is 9.52. The van der Waals surface area contributed by atoms with Gasteiger partial charge in [0, 0.05) is 7.11 Å². The molecular weight excluding hydrogens is 291 g/mol. The van der Waals surface area contributed by atoms with Crippen LogP contribution in [0.1, 0.15) is 0 Å². The number of rotatable bonds is 2. The van der Waals surface area contributed by atoms with Gasteiger partial charge in [-0.2, -0.15) is 0 Å². The lowest BCUT2D eigenvalue weighted by Crippen LogP contribution is -2.56. The lowest BCUT2D eigenvalue weighted by molar-refractivity contribution is -0.241. The van der Waals surface area contributed by atoms with Crippen LogP contribution in [0.25, 0.3) is 0 Å². The molecule has 78 valence electrons. The van der Waals surface area contributed by atoms with Crippen molar-refractivity contribution in [1.82, 2.24) is 0 Å². The Hall–Kier alpha value is 0.530. The normalized spacial score (nSPS) is 46.4. The van der Waals surface area contributed by atoms with E-state index in [0.717, 1.165) is 0 Å². The summed E-state index contributed by atoms with van der Waals surface area (Å²) in [5.74, 6) is 0. The number of methoxy groups -OCH3 is 1. The number of halogens is 1. The molecule has 0 aromatic carbocycles. The molecule has 0 amide bonds. The first kappa shape index (κ1) is 11.6. The van der Waals surface area contributed by atoms with E-state index in [1.54, 1.807) is 0 Å². The average molecular weight is 304 g/mol. The van der Waals surface area contributed by atoms with Gasteiger partial charge in [0.15, 0.2) is 6.29 Å². The second-order valence-electron chi connectivity index (χ2n) is 2.89. The Balaban J connectivity index is 2.66. The molecule has 0 spiro atoms. The molecule has 0 bridgehead atoms. The monoisotopic (exact) mass is 304 g/mol. The highest BCUT2D eigenvalue weighted by molar-refractivity contribution is 14.1. The van der Waals surface area contributed by atoms with Crippen molar-refractivity contribution in [2.24, 2.45) is 0 Å². The fourth-order valence-electron chi connectivity index (χ4n) is 1.23. The Morgan fingerprint density at radius 3 is 2.46 bits per heavy atom. The lowest BCUT2D eigenvalue weighted by atomic mass is 10.0. The summed E-state index contributed by atoms with van der Waals surface area (Å²) >= 11 is 1.94.